The van der Waals surface area contributed by atoms with Gasteiger partial charge < -0.3 is 10.7 Å². The minimum atomic E-state index is 0.624. The summed E-state index contributed by atoms with van der Waals surface area (Å²) in [5, 5.41) is 0. The number of nitrogens with zero attached hydrogens (tertiary/aromatic N) is 1. The lowest BCUT2D eigenvalue weighted by Crippen LogP contribution is -2.04. The summed E-state index contributed by atoms with van der Waals surface area (Å²) < 4.78 is 0. The molecule has 4 rings (SSSR count). The Labute approximate surface area is 130 Å². The van der Waals surface area contributed by atoms with Crippen molar-refractivity contribution in [3.05, 3.63) is 53.3 Å². The summed E-state index contributed by atoms with van der Waals surface area (Å²) in [7, 11) is 0. The quantitative estimate of drug-likeness (QED) is 0.774. The molecule has 112 valence electrons. The monoisotopic (exact) mass is 291 g/mol. The summed E-state index contributed by atoms with van der Waals surface area (Å²) in [5.41, 5.74) is 13.5. The zero-order valence-corrected chi connectivity index (χ0v) is 12.7. The number of aromatic amines is 1. The molecule has 0 saturated carbocycles. The van der Waals surface area contributed by atoms with Gasteiger partial charge in [0, 0.05) is 6.42 Å². The van der Waals surface area contributed by atoms with Crippen LogP contribution in [-0.2, 0) is 19.3 Å². The van der Waals surface area contributed by atoms with Gasteiger partial charge in [0.05, 0.1) is 11.0 Å². The van der Waals surface area contributed by atoms with Gasteiger partial charge in [-0.2, -0.15) is 0 Å². The standard InChI is InChI=1S/C19H21N3/c20-11-10-19-21-17-9-8-14(12-18(17)22-19)16-7-3-5-13-4-1-2-6-15(13)16/h3,5,7-9,12H,1-2,4,6,10-11,20H2,(H,21,22). The second-order valence-corrected chi connectivity index (χ2v) is 6.10. The van der Waals surface area contributed by atoms with Crippen LogP contribution in [0.2, 0.25) is 0 Å². The lowest BCUT2D eigenvalue weighted by Gasteiger charge is -2.19. The maximum Gasteiger partial charge on any atom is 0.108 e. The van der Waals surface area contributed by atoms with E-state index < -0.39 is 0 Å². The molecule has 3 heteroatoms. The van der Waals surface area contributed by atoms with Crippen LogP contribution < -0.4 is 5.73 Å². The topological polar surface area (TPSA) is 54.7 Å². The highest BCUT2D eigenvalue weighted by molar-refractivity contribution is 5.83. The number of nitrogens with two attached hydrogens (primary N) is 1. The number of benzene rings is 2. The van der Waals surface area contributed by atoms with E-state index in [2.05, 4.69) is 46.4 Å². The van der Waals surface area contributed by atoms with Crippen molar-refractivity contribution in [2.75, 3.05) is 6.54 Å². The highest BCUT2D eigenvalue weighted by Crippen LogP contribution is 2.32. The lowest BCUT2D eigenvalue weighted by atomic mass is 9.86. The number of aromatic nitrogens is 2. The molecule has 2 aromatic carbocycles. The number of aryl methyl sites for hydroxylation is 1. The third kappa shape index (κ3) is 2.32. The average molecular weight is 291 g/mol. The van der Waals surface area contributed by atoms with Crippen LogP contribution in [0, 0.1) is 0 Å². The second kappa shape index (κ2) is 5.58. The Morgan fingerprint density at radius 2 is 2.00 bits per heavy atom. The molecule has 1 aliphatic rings. The minimum absolute atomic E-state index is 0.624. The summed E-state index contributed by atoms with van der Waals surface area (Å²) in [6.45, 7) is 0.624. The molecule has 0 radical (unpaired) electrons. The Kier molecular flexibility index (Phi) is 3.43. The van der Waals surface area contributed by atoms with Crippen LogP contribution in [0.5, 0.6) is 0 Å². The molecule has 1 aromatic heterocycles. The van der Waals surface area contributed by atoms with Crippen molar-refractivity contribution >= 4 is 11.0 Å². The summed E-state index contributed by atoms with van der Waals surface area (Å²) in [4.78, 5) is 7.98. The maximum absolute atomic E-state index is 5.62. The number of hydrogen-bond donors (Lipinski definition) is 2. The molecule has 1 heterocycles. The molecular weight excluding hydrogens is 270 g/mol. The van der Waals surface area contributed by atoms with Gasteiger partial charge in [0.1, 0.15) is 5.82 Å². The summed E-state index contributed by atoms with van der Waals surface area (Å²) in [5.74, 6) is 0.977. The van der Waals surface area contributed by atoms with Crippen LogP contribution in [0.4, 0.5) is 0 Å². The van der Waals surface area contributed by atoms with Crippen LogP contribution in [0.3, 0.4) is 0 Å². The van der Waals surface area contributed by atoms with E-state index in [-0.39, 0.29) is 0 Å². The van der Waals surface area contributed by atoms with E-state index in [1.165, 1.54) is 47.9 Å². The predicted octanol–water partition coefficient (Wildman–Crippen LogP) is 3.61. The Hall–Kier alpha value is -2.13. The van der Waals surface area contributed by atoms with Crippen LogP contribution in [0.1, 0.15) is 29.8 Å². The third-order valence-corrected chi connectivity index (χ3v) is 4.62. The summed E-state index contributed by atoms with van der Waals surface area (Å²) in [6.07, 6.45) is 5.83. The lowest BCUT2D eigenvalue weighted by molar-refractivity contribution is 0.687. The third-order valence-electron chi connectivity index (χ3n) is 4.62. The molecular formula is C19H21N3. The highest BCUT2D eigenvalue weighted by Gasteiger charge is 2.14. The highest BCUT2D eigenvalue weighted by atomic mass is 14.9. The smallest absolute Gasteiger partial charge is 0.108 e. The molecule has 0 bridgehead atoms. The van der Waals surface area contributed by atoms with E-state index in [1.807, 2.05) is 0 Å². The van der Waals surface area contributed by atoms with E-state index in [9.17, 15) is 0 Å². The Morgan fingerprint density at radius 1 is 1.09 bits per heavy atom. The van der Waals surface area contributed by atoms with E-state index in [1.54, 1.807) is 0 Å². The molecule has 1 aliphatic carbocycles. The molecule has 0 unspecified atom stereocenters. The number of imidazole rings is 1. The fourth-order valence-corrected chi connectivity index (χ4v) is 3.54. The molecule has 0 spiro atoms. The first-order valence-electron chi connectivity index (χ1n) is 8.15. The summed E-state index contributed by atoms with van der Waals surface area (Å²) in [6, 6.07) is 13.3. The molecule has 0 fully saturated rings. The molecule has 0 saturated heterocycles. The van der Waals surface area contributed by atoms with Crippen molar-refractivity contribution in [1.29, 1.82) is 0 Å². The van der Waals surface area contributed by atoms with Crippen molar-refractivity contribution < 1.29 is 0 Å². The molecule has 3 N–H and O–H groups in total. The molecule has 0 amide bonds. The van der Waals surface area contributed by atoms with Crippen molar-refractivity contribution in [3.63, 3.8) is 0 Å². The van der Waals surface area contributed by atoms with Gasteiger partial charge in [-0.25, -0.2) is 4.98 Å². The Morgan fingerprint density at radius 3 is 2.91 bits per heavy atom. The van der Waals surface area contributed by atoms with Crippen molar-refractivity contribution in [3.8, 4) is 11.1 Å². The van der Waals surface area contributed by atoms with Gasteiger partial charge in [-0.3, -0.25) is 0 Å². The van der Waals surface area contributed by atoms with Crippen molar-refractivity contribution in [2.24, 2.45) is 5.73 Å². The number of fused-ring (bicyclic) bond motifs is 2. The van der Waals surface area contributed by atoms with Gasteiger partial charge in [0.15, 0.2) is 0 Å². The summed E-state index contributed by atoms with van der Waals surface area (Å²) >= 11 is 0. The molecule has 3 nitrogen and oxygen atoms in total. The van der Waals surface area contributed by atoms with Crippen LogP contribution >= 0.6 is 0 Å². The minimum Gasteiger partial charge on any atom is -0.342 e. The van der Waals surface area contributed by atoms with E-state index in [4.69, 9.17) is 5.73 Å². The zero-order valence-electron chi connectivity index (χ0n) is 12.7. The largest absolute Gasteiger partial charge is 0.342 e. The maximum atomic E-state index is 5.62. The van der Waals surface area contributed by atoms with E-state index in [0.29, 0.717) is 6.54 Å². The Balaban J connectivity index is 1.81. The van der Waals surface area contributed by atoms with Gasteiger partial charge >= 0.3 is 0 Å². The zero-order chi connectivity index (χ0) is 14.9. The Bertz CT molecular complexity index is 817. The van der Waals surface area contributed by atoms with Crippen LogP contribution in [0.15, 0.2) is 36.4 Å². The fraction of sp³-hybridized carbons (Fsp3) is 0.316. The first-order valence-corrected chi connectivity index (χ1v) is 8.15. The first kappa shape index (κ1) is 13.5. The number of H-pyrrole nitrogens is 1. The first-order chi connectivity index (χ1) is 10.8. The number of rotatable bonds is 3. The number of hydrogen-bond acceptors (Lipinski definition) is 2. The van der Waals surface area contributed by atoms with Gasteiger partial charge in [0.25, 0.3) is 0 Å². The molecule has 0 atom stereocenters. The normalized spacial score (nSPS) is 14.2. The average Bonchev–Trinajstić information content (AvgIpc) is 2.96. The fourth-order valence-electron chi connectivity index (χ4n) is 3.54. The van der Waals surface area contributed by atoms with Crippen LogP contribution in [0.25, 0.3) is 22.2 Å². The van der Waals surface area contributed by atoms with Gasteiger partial charge in [-0.1, -0.05) is 24.3 Å². The SMILES string of the molecule is NCCc1nc2ccc(-c3cccc4c3CCCC4)cc2[nH]1. The molecule has 0 aliphatic heterocycles. The van der Waals surface area contributed by atoms with Crippen molar-refractivity contribution in [2.45, 2.75) is 32.1 Å². The molecule has 3 aromatic rings. The number of nitrogens with one attached hydrogen (secondary N) is 1. The van der Waals surface area contributed by atoms with Gasteiger partial charge in [-0.15, -0.1) is 0 Å². The van der Waals surface area contributed by atoms with Crippen LogP contribution in [-0.4, -0.2) is 16.5 Å². The van der Waals surface area contributed by atoms with Crippen molar-refractivity contribution in [1.82, 2.24) is 9.97 Å². The van der Waals surface area contributed by atoms with E-state index >= 15 is 0 Å². The van der Waals surface area contributed by atoms with Gasteiger partial charge in [0.2, 0.25) is 0 Å². The predicted molar refractivity (Wildman–Crippen MR) is 90.9 cm³/mol. The van der Waals surface area contributed by atoms with E-state index in [0.717, 1.165) is 23.3 Å². The van der Waals surface area contributed by atoms with Gasteiger partial charge in [-0.05, 0) is 66.6 Å². The second-order valence-electron chi connectivity index (χ2n) is 6.10. The molecule has 22 heavy (non-hydrogen) atoms.